The normalized spacial score (nSPS) is 34.4. The van der Waals surface area contributed by atoms with Crippen LogP contribution in [-0.2, 0) is 0 Å². The number of aliphatic hydroxyl groups excluding tert-OH is 1. The Balaban J connectivity index is 2.33. The van der Waals surface area contributed by atoms with Gasteiger partial charge >= 0.3 is 0 Å². The number of rotatable bonds is 1. The highest BCUT2D eigenvalue weighted by Gasteiger charge is 2.18. The minimum Gasteiger partial charge on any atom is -0.393 e. The largest absolute Gasteiger partial charge is 0.393 e. The van der Waals surface area contributed by atoms with Crippen molar-refractivity contribution in [2.24, 2.45) is 11.7 Å². The maximum absolute atomic E-state index is 9.59. The third kappa shape index (κ3) is 2.80. The van der Waals surface area contributed by atoms with Crippen LogP contribution in [0.25, 0.3) is 0 Å². The van der Waals surface area contributed by atoms with Crippen molar-refractivity contribution in [1.82, 2.24) is 0 Å². The minimum atomic E-state index is -0.125. The number of aliphatic hydroxyl groups is 1. The van der Waals surface area contributed by atoms with Crippen LogP contribution in [0.2, 0.25) is 0 Å². The van der Waals surface area contributed by atoms with Crippen LogP contribution in [0, 0.1) is 5.92 Å². The van der Waals surface area contributed by atoms with Crippen LogP contribution in [0.4, 0.5) is 0 Å². The molecule has 0 aromatic rings. The lowest BCUT2D eigenvalue weighted by molar-refractivity contribution is 0.0878. The van der Waals surface area contributed by atoms with Gasteiger partial charge in [0, 0.05) is 0 Å². The van der Waals surface area contributed by atoms with Gasteiger partial charge in [0.1, 0.15) is 0 Å². The summed E-state index contributed by atoms with van der Waals surface area (Å²) in [7, 11) is 0. The molecule has 66 valence electrons. The predicted octanol–water partition coefficient (Wildman–Crippen LogP) is 1.28. The van der Waals surface area contributed by atoms with Gasteiger partial charge in [-0.1, -0.05) is 25.7 Å². The van der Waals surface area contributed by atoms with Crippen molar-refractivity contribution in [2.75, 3.05) is 6.54 Å². The Kier molecular flexibility index (Phi) is 3.87. The van der Waals surface area contributed by atoms with Gasteiger partial charge in [-0.2, -0.15) is 0 Å². The summed E-state index contributed by atoms with van der Waals surface area (Å²) in [6.07, 6.45) is 6.99. The molecule has 11 heavy (non-hydrogen) atoms. The summed E-state index contributed by atoms with van der Waals surface area (Å²) in [6.45, 7) is 0.654. The van der Waals surface area contributed by atoms with Crippen LogP contribution in [0.1, 0.15) is 38.5 Å². The van der Waals surface area contributed by atoms with Gasteiger partial charge in [0.2, 0.25) is 0 Å². The first-order valence-electron chi connectivity index (χ1n) is 4.72. The Morgan fingerprint density at radius 3 is 2.36 bits per heavy atom. The van der Waals surface area contributed by atoms with E-state index in [0.717, 1.165) is 12.8 Å². The maximum atomic E-state index is 9.59. The molecular weight excluding hydrogens is 138 g/mol. The highest BCUT2D eigenvalue weighted by atomic mass is 16.3. The molecule has 0 amide bonds. The van der Waals surface area contributed by atoms with Crippen LogP contribution in [0.15, 0.2) is 0 Å². The second-order valence-electron chi connectivity index (χ2n) is 3.55. The first kappa shape index (κ1) is 9.01. The van der Waals surface area contributed by atoms with Gasteiger partial charge in [-0.15, -0.1) is 0 Å². The molecule has 0 aromatic heterocycles. The van der Waals surface area contributed by atoms with E-state index in [9.17, 15) is 5.11 Å². The standard InChI is InChI=1S/C9H19NO/c10-7-8-5-3-1-2-4-6-9(8)11/h8-9,11H,1-7,10H2/t8-,9+/m0/s1. The van der Waals surface area contributed by atoms with Gasteiger partial charge in [-0.25, -0.2) is 0 Å². The fourth-order valence-electron chi connectivity index (χ4n) is 1.82. The monoisotopic (exact) mass is 157 g/mol. The van der Waals surface area contributed by atoms with Gasteiger partial charge in [0.25, 0.3) is 0 Å². The topological polar surface area (TPSA) is 46.2 Å². The Hall–Kier alpha value is -0.0800. The molecule has 2 nitrogen and oxygen atoms in total. The molecule has 0 spiro atoms. The summed E-state index contributed by atoms with van der Waals surface area (Å²) in [6, 6.07) is 0. The van der Waals surface area contributed by atoms with E-state index in [0.29, 0.717) is 12.5 Å². The summed E-state index contributed by atoms with van der Waals surface area (Å²) in [5, 5.41) is 9.59. The van der Waals surface area contributed by atoms with E-state index in [1.807, 2.05) is 0 Å². The molecule has 0 aliphatic heterocycles. The minimum absolute atomic E-state index is 0.125. The molecule has 3 N–H and O–H groups in total. The molecule has 0 aromatic carbocycles. The molecule has 0 heterocycles. The fraction of sp³-hybridized carbons (Fsp3) is 1.00. The van der Waals surface area contributed by atoms with Crippen LogP contribution in [0.3, 0.4) is 0 Å². The van der Waals surface area contributed by atoms with Gasteiger partial charge in [-0.05, 0) is 25.3 Å². The van der Waals surface area contributed by atoms with Crippen LogP contribution >= 0.6 is 0 Å². The predicted molar refractivity (Wildman–Crippen MR) is 46.3 cm³/mol. The lowest BCUT2D eigenvalue weighted by atomic mass is 9.89. The summed E-state index contributed by atoms with van der Waals surface area (Å²) >= 11 is 0. The van der Waals surface area contributed by atoms with Gasteiger partial charge in [-0.3, -0.25) is 0 Å². The zero-order valence-corrected chi connectivity index (χ0v) is 7.13. The summed E-state index contributed by atoms with van der Waals surface area (Å²) < 4.78 is 0. The van der Waals surface area contributed by atoms with Crippen molar-refractivity contribution < 1.29 is 5.11 Å². The molecule has 1 aliphatic carbocycles. The van der Waals surface area contributed by atoms with Gasteiger partial charge < -0.3 is 10.8 Å². The maximum Gasteiger partial charge on any atom is 0.0580 e. The molecule has 1 aliphatic rings. The quantitative estimate of drug-likeness (QED) is 0.602. The number of hydrogen-bond acceptors (Lipinski definition) is 2. The molecule has 1 fully saturated rings. The third-order valence-electron chi connectivity index (χ3n) is 2.67. The first-order chi connectivity index (χ1) is 5.34. The van der Waals surface area contributed by atoms with E-state index >= 15 is 0 Å². The van der Waals surface area contributed by atoms with E-state index in [2.05, 4.69) is 0 Å². The highest BCUT2D eigenvalue weighted by molar-refractivity contribution is 4.72. The molecule has 1 rings (SSSR count). The number of nitrogens with two attached hydrogens (primary N) is 1. The Bertz CT molecular complexity index is 106. The molecule has 2 atom stereocenters. The fourth-order valence-corrected chi connectivity index (χ4v) is 1.82. The van der Waals surface area contributed by atoms with Crippen LogP contribution < -0.4 is 5.73 Å². The molecule has 0 unspecified atom stereocenters. The second-order valence-corrected chi connectivity index (χ2v) is 3.55. The Morgan fingerprint density at radius 2 is 1.73 bits per heavy atom. The summed E-state index contributed by atoms with van der Waals surface area (Å²) in [5.74, 6) is 0.371. The van der Waals surface area contributed by atoms with Gasteiger partial charge in [0.05, 0.1) is 6.10 Å². The highest BCUT2D eigenvalue weighted by Crippen LogP contribution is 2.21. The second kappa shape index (κ2) is 4.73. The lowest BCUT2D eigenvalue weighted by Gasteiger charge is -2.23. The Labute approximate surface area is 68.8 Å². The van der Waals surface area contributed by atoms with Crippen molar-refractivity contribution in [2.45, 2.75) is 44.6 Å². The summed E-state index contributed by atoms with van der Waals surface area (Å²) in [5.41, 5.74) is 5.55. The molecule has 0 bridgehead atoms. The molecular formula is C9H19NO. The molecule has 0 radical (unpaired) electrons. The molecule has 2 heteroatoms. The van der Waals surface area contributed by atoms with E-state index in [4.69, 9.17) is 5.73 Å². The van der Waals surface area contributed by atoms with Crippen molar-refractivity contribution >= 4 is 0 Å². The van der Waals surface area contributed by atoms with Crippen molar-refractivity contribution in [3.8, 4) is 0 Å². The average Bonchev–Trinajstić information content (AvgIpc) is 1.98. The SMILES string of the molecule is NC[C@@H]1CCCCCC[C@H]1O. The number of hydrogen-bond donors (Lipinski definition) is 2. The lowest BCUT2D eigenvalue weighted by Crippen LogP contribution is -2.28. The molecule has 1 saturated carbocycles. The van der Waals surface area contributed by atoms with Crippen molar-refractivity contribution in [1.29, 1.82) is 0 Å². The average molecular weight is 157 g/mol. The summed E-state index contributed by atoms with van der Waals surface area (Å²) in [4.78, 5) is 0. The van der Waals surface area contributed by atoms with Crippen molar-refractivity contribution in [3.63, 3.8) is 0 Å². The Morgan fingerprint density at radius 1 is 1.09 bits per heavy atom. The molecule has 0 saturated heterocycles. The zero-order chi connectivity index (χ0) is 8.10. The van der Waals surface area contributed by atoms with E-state index in [1.165, 1.54) is 25.7 Å². The smallest absolute Gasteiger partial charge is 0.0580 e. The van der Waals surface area contributed by atoms with Crippen molar-refractivity contribution in [3.05, 3.63) is 0 Å². The first-order valence-corrected chi connectivity index (χ1v) is 4.72. The van der Waals surface area contributed by atoms with Crippen LogP contribution in [0.5, 0.6) is 0 Å². The van der Waals surface area contributed by atoms with E-state index in [-0.39, 0.29) is 6.10 Å². The van der Waals surface area contributed by atoms with E-state index < -0.39 is 0 Å². The van der Waals surface area contributed by atoms with Gasteiger partial charge in [0.15, 0.2) is 0 Å². The van der Waals surface area contributed by atoms with E-state index in [1.54, 1.807) is 0 Å². The van der Waals surface area contributed by atoms with Crippen LogP contribution in [-0.4, -0.2) is 17.8 Å². The zero-order valence-electron chi connectivity index (χ0n) is 7.13. The third-order valence-corrected chi connectivity index (χ3v) is 2.67.